The van der Waals surface area contributed by atoms with Crippen LogP contribution in [-0.2, 0) is 9.53 Å². The van der Waals surface area contributed by atoms with Crippen LogP contribution in [0.2, 0.25) is 5.02 Å². The number of hydrogen-bond donors (Lipinski definition) is 0. The van der Waals surface area contributed by atoms with Crippen molar-refractivity contribution in [1.29, 1.82) is 0 Å². The molecule has 0 saturated heterocycles. The fourth-order valence-corrected chi connectivity index (χ4v) is 2.46. The van der Waals surface area contributed by atoms with Crippen molar-refractivity contribution < 1.29 is 19.1 Å². The Morgan fingerprint density at radius 3 is 2.50 bits per heavy atom. The highest BCUT2D eigenvalue weighted by atomic mass is 35.5. The van der Waals surface area contributed by atoms with Gasteiger partial charge in [-0.05, 0) is 43.9 Å². The molecule has 4 nitrogen and oxygen atoms in total. The average Bonchev–Trinajstić information content (AvgIpc) is 2.48. The summed E-state index contributed by atoms with van der Waals surface area (Å²) in [6.07, 6.45) is 1.80. The van der Waals surface area contributed by atoms with Crippen molar-refractivity contribution in [3.63, 3.8) is 0 Å². The van der Waals surface area contributed by atoms with Gasteiger partial charge in [0.15, 0.2) is 5.78 Å². The first-order valence-electron chi connectivity index (χ1n) is 7.44. The summed E-state index contributed by atoms with van der Waals surface area (Å²) >= 11 is 6.19. The number of carbonyl (C=O) groups excluding carboxylic acids is 2. The van der Waals surface area contributed by atoms with Crippen molar-refractivity contribution in [2.75, 3.05) is 13.7 Å². The minimum atomic E-state index is -0.311. The van der Waals surface area contributed by atoms with Crippen molar-refractivity contribution in [2.24, 2.45) is 0 Å². The van der Waals surface area contributed by atoms with Gasteiger partial charge >= 0.3 is 5.97 Å². The lowest BCUT2D eigenvalue weighted by molar-refractivity contribution is -0.140. The first-order chi connectivity index (χ1) is 10.4. The van der Waals surface area contributed by atoms with E-state index in [1.165, 1.54) is 7.11 Å². The van der Waals surface area contributed by atoms with Gasteiger partial charge in [-0.3, -0.25) is 9.59 Å². The SMILES string of the molecule is CCCOc1c(C)cc(Cl)c(C)c1C(=O)CCCC(=O)OC. The molecule has 0 bridgehead atoms. The van der Waals surface area contributed by atoms with Crippen LogP contribution >= 0.6 is 11.6 Å². The van der Waals surface area contributed by atoms with Crippen molar-refractivity contribution in [1.82, 2.24) is 0 Å². The number of methoxy groups -OCH3 is 1. The van der Waals surface area contributed by atoms with Gasteiger partial charge in [-0.15, -0.1) is 0 Å². The Morgan fingerprint density at radius 1 is 1.23 bits per heavy atom. The van der Waals surface area contributed by atoms with Crippen LogP contribution in [-0.4, -0.2) is 25.5 Å². The standard InChI is InChI=1S/C17H23ClO4/c1-5-9-22-17-11(2)10-13(18)12(3)16(17)14(19)7-6-8-15(20)21-4/h10H,5-9H2,1-4H3. The molecule has 0 fully saturated rings. The Morgan fingerprint density at radius 2 is 1.91 bits per heavy atom. The number of Topliss-reactive ketones (excluding diaryl/α,β-unsaturated/α-hetero) is 1. The van der Waals surface area contributed by atoms with Gasteiger partial charge in [-0.2, -0.15) is 0 Å². The highest BCUT2D eigenvalue weighted by Crippen LogP contribution is 2.33. The molecule has 22 heavy (non-hydrogen) atoms. The quantitative estimate of drug-likeness (QED) is 0.528. The lowest BCUT2D eigenvalue weighted by Crippen LogP contribution is -2.10. The third kappa shape index (κ3) is 4.73. The van der Waals surface area contributed by atoms with Crippen LogP contribution in [0.1, 0.15) is 54.1 Å². The largest absolute Gasteiger partial charge is 0.493 e. The zero-order chi connectivity index (χ0) is 16.7. The molecule has 0 aromatic heterocycles. The maximum atomic E-state index is 12.5. The number of hydrogen-bond acceptors (Lipinski definition) is 4. The predicted molar refractivity (Wildman–Crippen MR) is 86.9 cm³/mol. The second-order valence-electron chi connectivity index (χ2n) is 5.21. The van der Waals surface area contributed by atoms with Crippen molar-refractivity contribution in [3.8, 4) is 5.75 Å². The zero-order valence-corrected chi connectivity index (χ0v) is 14.4. The average molecular weight is 327 g/mol. The molecule has 122 valence electrons. The summed E-state index contributed by atoms with van der Waals surface area (Å²) in [7, 11) is 1.34. The number of benzene rings is 1. The molecule has 1 aromatic rings. The lowest BCUT2D eigenvalue weighted by Gasteiger charge is -2.16. The van der Waals surface area contributed by atoms with E-state index in [0.717, 1.165) is 17.5 Å². The van der Waals surface area contributed by atoms with Gasteiger partial charge in [0.2, 0.25) is 0 Å². The van der Waals surface area contributed by atoms with Crippen molar-refractivity contribution >= 4 is 23.4 Å². The van der Waals surface area contributed by atoms with E-state index in [9.17, 15) is 9.59 Å². The molecule has 0 aliphatic heterocycles. The van der Waals surface area contributed by atoms with Crippen LogP contribution in [0, 0.1) is 13.8 Å². The third-order valence-electron chi connectivity index (χ3n) is 3.40. The molecule has 0 radical (unpaired) electrons. The molecule has 0 atom stereocenters. The van der Waals surface area contributed by atoms with E-state index >= 15 is 0 Å². The van der Waals surface area contributed by atoms with Crippen molar-refractivity contribution in [2.45, 2.75) is 46.5 Å². The summed E-state index contributed by atoms with van der Waals surface area (Å²) in [6, 6.07) is 1.81. The number of ether oxygens (including phenoxy) is 2. The van der Waals surface area contributed by atoms with Crippen molar-refractivity contribution in [3.05, 3.63) is 27.8 Å². The molecule has 0 aliphatic carbocycles. The monoisotopic (exact) mass is 326 g/mol. The Balaban J connectivity index is 2.99. The van der Waals surface area contributed by atoms with Crippen LogP contribution in [0.3, 0.4) is 0 Å². The molecule has 0 spiro atoms. The number of halogens is 1. The Hall–Kier alpha value is -1.55. The van der Waals surface area contributed by atoms with Crippen LogP contribution in [0.4, 0.5) is 0 Å². The molecule has 0 amide bonds. The lowest BCUT2D eigenvalue weighted by atomic mass is 9.97. The number of esters is 1. The smallest absolute Gasteiger partial charge is 0.305 e. The van der Waals surface area contributed by atoms with Gasteiger partial charge in [-0.25, -0.2) is 0 Å². The predicted octanol–water partition coefficient (Wildman–Crippen LogP) is 4.27. The van der Waals surface area contributed by atoms with Gasteiger partial charge in [0, 0.05) is 17.9 Å². The van der Waals surface area contributed by atoms with Gasteiger partial charge in [0.25, 0.3) is 0 Å². The minimum absolute atomic E-state index is 0.0573. The van der Waals surface area contributed by atoms with Gasteiger partial charge in [0.05, 0.1) is 19.3 Å². The molecule has 0 aliphatic rings. The fraction of sp³-hybridized carbons (Fsp3) is 0.529. The molecule has 0 unspecified atom stereocenters. The third-order valence-corrected chi connectivity index (χ3v) is 3.80. The maximum Gasteiger partial charge on any atom is 0.305 e. The van der Waals surface area contributed by atoms with Gasteiger partial charge in [0.1, 0.15) is 5.75 Å². The van der Waals surface area contributed by atoms with E-state index in [-0.39, 0.29) is 24.6 Å². The molecule has 0 saturated carbocycles. The molecule has 1 aromatic carbocycles. The topological polar surface area (TPSA) is 52.6 Å². The molecule has 1 rings (SSSR count). The van der Waals surface area contributed by atoms with Gasteiger partial charge < -0.3 is 9.47 Å². The molecule has 5 heteroatoms. The molecular weight excluding hydrogens is 304 g/mol. The molecule has 0 N–H and O–H groups in total. The number of aryl methyl sites for hydroxylation is 1. The Labute approximate surface area is 136 Å². The molecule has 0 heterocycles. The maximum absolute atomic E-state index is 12.5. The first kappa shape index (κ1) is 18.5. The van der Waals surface area contributed by atoms with E-state index in [1.54, 1.807) is 0 Å². The normalized spacial score (nSPS) is 10.4. The van der Waals surface area contributed by atoms with Crippen LogP contribution in [0.15, 0.2) is 6.07 Å². The van der Waals surface area contributed by atoms with Crippen LogP contribution < -0.4 is 4.74 Å². The number of rotatable bonds is 8. The van der Waals surface area contributed by atoms with Gasteiger partial charge in [-0.1, -0.05) is 18.5 Å². The summed E-state index contributed by atoms with van der Waals surface area (Å²) in [5.41, 5.74) is 2.10. The second kappa shape index (κ2) is 8.79. The Kier molecular flexibility index (Phi) is 7.39. The van der Waals surface area contributed by atoms with E-state index in [2.05, 4.69) is 4.74 Å². The molecular formula is C17H23ClO4. The Bertz CT molecular complexity index is 552. The fourth-order valence-electron chi connectivity index (χ4n) is 2.20. The van der Waals surface area contributed by atoms with E-state index in [4.69, 9.17) is 16.3 Å². The van der Waals surface area contributed by atoms with E-state index in [0.29, 0.717) is 29.4 Å². The summed E-state index contributed by atoms with van der Waals surface area (Å²) in [4.78, 5) is 23.7. The summed E-state index contributed by atoms with van der Waals surface area (Å²) < 4.78 is 10.3. The summed E-state index contributed by atoms with van der Waals surface area (Å²) in [5.74, 6) is 0.235. The van der Waals surface area contributed by atoms with Crippen LogP contribution in [0.25, 0.3) is 0 Å². The highest BCUT2D eigenvalue weighted by Gasteiger charge is 2.20. The van der Waals surface area contributed by atoms with E-state index in [1.807, 2.05) is 26.8 Å². The van der Waals surface area contributed by atoms with Crippen LogP contribution in [0.5, 0.6) is 5.75 Å². The zero-order valence-electron chi connectivity index (χ0n) is 13.6. The van der Waals surface area contributed by atoms with E-state index < -0.39 is 0 Å². The summed E-state index contributed by atoms with van der Waals surface area (Å²) in [6.45, 7) is 6.25. The minimum Gasteiger partial charge on any atom is -0.493 e. The second-order valence-corrected chi connectivity index (χ2v) is 5.61. The highest BCUT2D eigenvalue weighted by molar-refractivity contribution is 6.32. The first-order valence-corrected chi connectivity index (χ1v) is 7.82. The number of carbonyl (C=O) groups is 2. The summed E-state index contributed by atoms with van der Waals surface area (Å²) in [5, 5.41) is 0.553. The number of ketones is 1.